The van der Waals surface area contributed by atoms with E-state index in [0.717, 1.165) is 33.2 Å². The van der Waals surface area contributed by atoms with Gasteiger partial charge in [-0.2, -0.15) is 10.2 Å². The largest absolute Gasteiger partial charge is 0.278 e. The minimum absolute atomic E-state index is 0.580. The van der Waals surface area contributed by atoms with E-state index >= 15 is 0 Å². The molecule has 0 saturated carbocycles. The lowest BCUT2D eigenvalue weighted by Gasteiger charge is -2.03. The predicted molar refractivity (Wildman–Crippen MR) is 75.3 cm³/mol. The fourth-order valence-electron chi connectivity index (χ4n) is 2.39. The molecule has 0 aliphatic carbocycles. The molecule has 0 spiro atoms. The van der Waals surface area contributed by atoms with Crippen molar-refractivity contribution in [3.8, 4) is 0 Å². The Morgan fingerprint density at radius 1 is 1.20 bits per heavy atom. The summed E-state index contributed by atoms with van der Waals surface area (Å²) in [6.45, 7) is 2.61. The molecule has 0 unspecified atom stereocenters. The number of aryl methyl sites for hydroxylation is 1. The highest BCUT2D eigenvalue weighted by molar-refractivity contribution is 5.80. The Morgan fingerprint density at radius 3 is 3.10 bits per heavy atom. The maximum atomic E-state index is 4.45. The Balaban J connectivity index is 1.83. The van der Waals surface area contributed by atoms with Crippen LogP contribution in [0.3, 0.4) is 0 Å². The van der Waals surface area contributed by atoms with E-state index < -0.39 is 0 Å². The molecule has 1 N–H and O–H groups in total. The number of aromatic nitrogens is 6. The first-order valence-corrected chi connectivity index (χ1v) is 6.36. The summed E-state index contributed by atoms with van der Waals surface area (Å²) in [7, 11) is 0. The lowest BCUT2D eigenvalue weighted by molar-refractivity contribution is 0.694. The van der Waals surface area contributed by atoms with Crippen molar-refractivity contribution in [2.24, 2.45) is 0 Å². The Labute approximate surface area is 114 Å². The third-order valence-electron chi connectivity index (χ3n) is 3.36. The van der Waals surface area contributed by atoms with Gasteiger partial charge in [-0.3, -0.25) is 10.1 Å². The molecule has 0 radical (unpaired) electrons. The van der Waals surface area contributed by atoms with Crippen LogP contribution >= 0.6 is 0 Å². The fraction of sp³-hybridized carbons (Fsp3) is 0.143. The first-order chi connectivity index (χ1) is 9.81. The van der Waals surface area contributed by atoms with Crippen LogP contribution in [-0.4, -0.2) is 29.9 Å². The molecule has 4 heterocycles. The van der Waals surface area contributed by atoms with Crippen LogP contribution in [0.2, 0.25) is 0 Å². The Hall–Kier alpha value is -2.76. The number of hydrogen-bond donors (Lipinski definition) is 1. The summed E-state index contributed by atoms with van der Waals surface area (Å²) in [4.78, 5) is 8.88. The van der Waals surface area contributed by atoms with E-state index in [1.807, 2.05) is 30.1 Å². The zero-order chi connectivity index (χ0) is 13.5. The highest BCUT2D eigenvalue weighted by Gasteiger charge is 2.09. The summed E-state index contributed by atoms with van der Waals surface area (Å²) in [6.07, 6.45) is 7.26. The van der Waals surface area contributed by atoms with Gasteiger partial charge >= 0.3 is 0 Å². The molecule has 0 bridgehead atoms. The van der Waals surface area contributed by atoms with Crippen molar-refractivity contribution in [2.75, 3.05) is 0 Å². The van der Waals surface area contributed by atoms with Gasteiger partial charge in [0.2, 0.25) is 0 Å². The molecule has 4 rings (SSSR count). The molecule has 0 aliphatic heterocycles. The van der Waals surface area contributed by atoms with E-state index in [4.69, 9.17) is 0 Å². The van der Waals surface area contributed by atoms with Crippen LogP contribution in [0, 0.1) is 6.92 Å². The van der Waals surface area contributed by atoms with Crippen LogP contribution < -0.4 is 0 Å². The van der Waals surface area contributed by atoms with Gasteiger partial charge in [0.25, 0.3) is 0 Å². The number of aromatic amines is 1. The third kappa shape index (κ3) is 1.65. The van der Waals surface area contributed by atoms with Gasteiger partial charge in [0, 0.05) is 23.2 Å². The van der Waals surface area contributed by atoms with Crippen LogP contribution in [0.5, 0.6) is 0 Å². The smallest absolute Gasteiger partial charge is 0.158 e. The minimum Gasteiger partial charge on any atom is -0.278 e. The summed E-state index contributed by atoms with van der Waals surface area (Å²) in [5.41, 5.74) is 3.92. The highest BCUT2D eigenvalue weighted by atomic mass is 15.3. The van der Waals surface area contributed by atoms with E-state index in [1.165, 1.54) is 0 Å². The van der Waals surface area contributed by atoms with Crippen molar-refractivity contribution >= 4 is 21.9 Å². The van der Waals surface area contributed by atoms with Gasteiger partial charge < -0.3 is 0 Å². The number of fused-ring (bicyclic) bond motifs is 2. The lowest BCUT2D eigenvalue weighted by Crippen LogP contribution is -2.04. The van der Waals surface area contributed by atoms with Gasteiger partial charge in [-0.05, 0) is 24.6 Å². The van der Waals surface area contributed by atoms with Crippen LogP contribution in [-0.2, 0) is 6.54 Å². The minimum atomic E-state index is 0.580. The average molecular weight is 264 g/mol. The first kappa shape index (κ1) is 11.1. The molecular weight excluding hydrogens is 252 g/mol. The van der Waals surface area contributed by atoms with Crippen LogP contribution in [0.4, 0.5) is 0 Å². The molecule has 0 aliphatic rings. The molecule has 4 aromatic heterocycles. The Kier molecular flexibility index (Phi) is 2.29. The highest BCUT2D eigenvalue weighted by Crippen LogP contribution is 2.17. The van der Waals surface area contributed by atoms with Gasteiger partial charge in [0.1, 0.15) is 0 Å². The number of nitrogens with zero attached hydrogens (tertiary/aromatic N) is 5. The van der Waals surface area contributed by atoms with Crippen LogP contribution in [0.15, 0.2) is 36.9 Å². The predicted octanol–water partition coefficient (Wildman–Crippen LogP) is 2.06. The quantitative estimate of drug-likeness (QED) is 0.601. The van der Waals surface area contributed by atoms with Crippen molar-refractivity contribution in [2.45, 2.75) is 13.5 Å². The van der Waals surface area contributed by atoms with Gasteiger partial charge in [0.05, 0.1) is 30.1 Å². The molecule has 0 fully saturated rings. The standard InChI is InChI=1S/C14H12N6/c1-9-4-10-6-18-20(14(10)16-5-9)8-13-11-7-17-19-12(11)2-3-15-13/h2-7H,8H2,1H3,(H,17,19). The number of nitrogens with one attached hydrogen (secondary N) is 1. The zero-order valence-electron chi connectivity index (χ0n) is 10.9. The molecule has 4 aromatic rings. The molecule has 6 heteroatoms. The topological polar surface area (TPSA) is 72.3 Å². The number of H-pyrrole nitrogens is 1. The molecular formula is C14H12N6. The SMILES string of the molecule is Cc1cnc2c(cnn2Cc2nccc3[nH]ncc23)c1. The molecule has 0 atom stereocenters. The van der Waals surface area contributed by atoms with Crippen molar-refractivity contribution < 1.29 is 0 Å². The third-order valence-corrected chi connectivity index (χ3v) is 3.36. The second kappa shape index (κ2) is 4.12. The lowest BCUT2D eigenvalue weighted by atomic mass is 10.2. The maximum absolute atomic E-state index is 4.45. The summed E-state index contributed by atoms with van der Waals surface area (Å²) in [5, 5.41) is 13.5. The monoisotopic (exact) mass is 264 g/mol. The van der Waals surface area contributed by atoms with E-state index in [2.05, 4.69) is 31.3 Å². The van der Waals surface area contributed by atoms with Crippen molar-refractivity contribution in [1.82, 2.24) is 29.9 Å². The first-order valence-electron chi connectivity index (χ1n) is 6.36. The van der Waals surface area contributed by atoms with Crippen LogP contribution in [0.25, 0.3) is 21.9 Å². The number of rotatable bonds is 2. The number of hydrogen-bond acceptors (Lipinski definition) is 4. The average Bonchev–Trinajstić information content (AvgIpc) is 3.06. The zero-order valence-corrected chi connectivity index (χ0v) is 10.9. The van der Waals surface area contributed by atoms with Crippen molar-refractivity contribution in [1.29, 1.82) is 0 Å². The van der Waals surface area contributed by atoms with Gasteiger partial charge in [-0.25, -0.2) is 9.67 Å². The molecule has 0 amide bonds. The van der Waals surface area contributed by atoms with Crippen molar-refractivity contribution in [3.05, 3.63) is 48.2 Å². The normalized spacial score (nSPS) is 11.4. The summed E-state index contributed by atoms with van der Waals surface area (Å²) in [5.74, 6) is 0. The molecule has 0 saturated heterocycles. The Bertz CT molecular complexity index is 904. The van der Waals surface area contributed by atoms with Crippen LogP contribution in [0.1, 0.15) is 11.3 Å². The summed E-state index contributed by atoms with van der Waals surface area (Å²) < 4.78 is 1.86. The molecule has 0 aromatic carbocycles. The summed E-state index contributed by atoms with van der Waals surface area (Å²) in [6, 6.07) is 3.99. The number of pyridine rings is 2. The van der Waals surface area contributed by atoms with Gasteiger partial charge in [-0.1, -0.05) is 0 Å². The van der Waals surface area contributed by atoms with Gasteiger partial charge in [-0.15, -0.1) is 0 Å². The maximum Gasteiger partial charge on any atom is 0.158 e. The van der Waals surface area contributed by atoms with E-state index in [0.29, 0.717) is 6.54 Å². The Morgan fingerprint density at radius 2 is 2.15 bits per heavy atom. The molecule has 6 nitrogen and oxygen atoms in total. The second-order valence-corrected chi connectivity index (χ2v) is 4.82. The van der Waals surface area contributed by atoms with Crippen molar-refractivity contribution in [3.63, 3.8) is 0 Å². The van der Waals surface area contributed by atoms with E-state index in [-0.39, 0.29) is 0 Å². The van der Waals surface area contributed by atoms with E-state index in [1.54, 1.807) is 12.4 Å². The summed E-state index contributed by atoms with van der Waals surface area (Å²) >= 11 is 0. The molecule has 98 valence electrons. The van der Waals surface area contributed by atoms with E-state index in [9.17, 15) is 0 Å². The second-order valence-electron chi connectivity index (χ2n) is 4.82. The molecule has 20 heavy (non-hydrogen) atoms. The van der Waals surface area contributed by atoms with Gasteiger partial charge in [0.15, 0.2) is 5.65 Å². The fourth-order valence-corrected chi connectivity index (χ4v) is 2.39.